The van der Waals surface area contributed by atoms with Crippen molar-refractivity contribution < 1.29 is 29.0 Å². The van der Waals surface area contributed by atoms with Gasteiger partial charge in [0.1, 0.15) is 0 Å². The van der Waals surface area contributed by atoms with E-state index < -0.39 is 30.5 Å². The molecule has 124 valence electrons. The number of amides is 1. The second kappa shape index (κ2) is 7.38. The smallest absolute Gasteiger partial charge is 0.429 e. The zero-order valence-corrected chi connectivity index (χ0v) is 13.9. The van der Waals surface area contributed by atoms with Crippen LogP contribution in [0.25, 0.3) is 0 Å². The molecule has 0 aromatic heterocycles. The molecule has 1 amide bonds. The summed E-state index contributed by atoms with van der Waals surface area (Å²) in [7, 11) is -4.71. The maximum Gasteiger partial charge on any atom is 0.429 e. The van der Waals surface area contributed by atoms with Crippen LogP contribution in [0, 0.1) is 10.8 Å². The van der Waals surface area contributed by atoms with Crippen molar-refractivity contribution in [2.45, 2.75) is 59.8 Å². The lowest BCUT2D eigenvalue weighted by Gasteiger charge is -2.39. The fraction of sp³-hybridized carbons (Fsp3) is 0.846. The van der Waals surface area contributed by atoms with Gasteiger partial charge in [0.15, 0.2) is 0 Å². The lowest BCUT2D eigenvalue weighted by molar-refractivity contribution is -0.319. The summed E-state index contributed by atoms with van der Waals surface area (Å²) >= 11 is 0. The van der Waals surface area contributed by atoms with Gasteiger partial charge in [-0.05, 0) is 19.3 Å². The fourth-order valence-corrected chi connectivity index (χ4v) is 2.85. The Labute approximate surface area is 125 Å². The van der Waals surface area contributed by atoms with Crippen molar-refractivity contribution >= 4 is 19.6 Å². The van der Waals surface area contributed by atoms with E-state index in [0.717, 1.165) is 6.42 Å². The number of hydrogen-bond acceptors (Lipinski definition) is 4. The van der Waals surface area contributed by atoms with E-state index in [-0.39, 0.29) is 12.8 Å². The van der Waals surface area contributed by atoms with E-state index in [1.807, 2.05) is 6.92 Å². The number of carbonyl (C=O) groups is 2. The SMILES string of the molecule is CCCCC(C)(CC(C)(CC)C(=O)[O-])C(=O)NP(=O)(O)O. The van der Waals surface area contributed by atoms with Crippen LogP contribution in [0.4, 0.5) is 0 Å². The molecular weight excluding hydrogens is 297 g/mol. The molecule has 0 heterocycles. The zero-order chi connectivity index (χ0) is 16.9. The van der Waals surface area contributed by atoms with E-state index >= 15 is 0 Å². The summed E-state index contributed by atoms with van der Waals surface area (Å²) in [4.78, 5) is 41.3. The lowest BCUT2D eigenvalue weighted by atomic mass is 9.69. The number of aliphatic carboxylic acids is 1. The Bertz CT molecular complexity index is 434. The van der Waals surface area contributed by atoms with Crippen LogP contribution < -0.4 is 10.2 Å². The molecule has 2 unspecified atom stereocenters. The first-order chi connectivity index (χ1) is 9.40. The largest absolute Gasteiger partial charge is 0.550 e. The van der Waals surface area contributed by atoms with E-state index in [1.54, 1.807) is 12.0 Å². The summed E-state index contributed by atoms with van der Waals surface area (Å²) in [6, 6.07) is 0. The van der Waals surface area contributed by atoms with Crippen LogP contribution in [-0.2, 0) is 14.2 Å². The number of carboxylic acids is 1. The van der Waals surface area contributed by atoms with E-state index in [9.17, 15) is 19.3 Å². The van der Waals surface area contributed by atoms with Gasteiger partial charge in [-0.2, -0.15) is 0 Å². The minimum atomic E-state index is -4.71. The van der Waals surface area contributed by atoms with Crippen LogP contribution in [-0.4, -0.2) is 21.7 Å². The Morgan fingerprint density at radius 3 is 2.05 bits per heavy atom. The molecule has 0 aliphatic carbocycles. The van der Waals surface area contributed by atoms with Gasteiger partial charge in [-0.25, -0.2) is 4.57 Å². The van der Waals surface area contributed by atoms with Gasteiger partial charge in [0.2, 0.25) is 5.91 Å². The van der Waals surface area contributed by atoms with Crippen molar-refractivity contribution in [1.82, 2.24) is 5.09 Å². The molecule has 2 atom stereocenters. The molecule has 0 aromatic rings. The third-order valence-electron chi connectivity index (χ3n) is 3.93. The summed E-state index contributed by atoms with van der Waals surface area (Å²) in [5.41, 5.74) is -2.41. The van der Waals surface area contributed by atoms with Gasteiger partial charge < -0.3 is 19.7 Å². The Morgan fingerprint density at radius 2 is 1.71 bits per heavy atom. The highest BCUT2D eigenvalue weighted by Gasteiger charge is 2.42. The summed E-state index contributed by atoms with van der Waals surface area (Å²) in [6.07, 6.45) is 2.01. The Hall–Kier alpha value is -0.910. The molecule has 0 bridgehead atoms. The van der Waals surface area contributed by atoms with Gasteiger partial charge in [0, 0.05) is 16.8 Å². The van der Waals surface area contributed by atoms with E-state index in [2.05, 4.69) is 0 Å². The lowest BCUT2D eigenvalue weighted by Crippen LogP contribution is -2.47. The van der Waals surface area contributed by atoms with E-state index in [0.29, 0.717) is 12.8 Å². The van der Waals surface area contributed by atoms with Crippen molar-refractivity contribution in [2.75, 3.05) is 0 Å². The molecule has 8 heteroatoms. The normalized spacial score (nSPS) is 17.6. The molecule has 0 aliphatic heterocycles. The summed E-state index contributed by atoms with van der Waals surface area (Å²) in [6.45, 7) is 6.61. The van der Waals surface area contributed by atoms with Crippen LogP contribution in [0.2, 0.25) is 0 Å². The van der Waals surface area contributed by atoms with Crippen LogP contribution in [0.5, 0.6) is 0 Å². The molecule has 21 heavy (non-hydrogen) atoms. The molecule has 0 fully saturated rings. The molecule has 0 aliphatic rings. The summed E-state index contributed by atoms with van der Waals surface area (Å²) < 4.78 is 11.0. The quantitative estimate of drug-likeness (QED) is 0.542. The molecule has 0 spiro atoms. The third-order valence-corrected chi connectivity index (χ3v) is 4.43. The Morgan fingerprint density at radius 1 is 1.19 bits per heavy atom. The third kappa shape index (κ3) is 6.16. The van der Waals surface area contributed by atoms with Crippen LogP contribution >= 0.6 is 7.75 Å². The van der Waals surface area contributed by atoms with Gasteiger partial charge in [0.05, 0.1) is 0 Å². The van der Waals surface area contributed by atoms with Crippen molar-refractivity contribution in [3.05, 3.63) is 0 Å². The van der Waals surface area contributed by atoms with Gasteiger partial charge in [-0.3, -0.25) is 9.88 Å². The Kier molecular flexibility index (Phi) is 7.06. The van der Waals surface area contributed by atoms with Gasteiger partial charge in [0.25, 0.3) is 0 Å². The second-order valence-corrected chi connectivity index (χ2v) is 7.34. The monoisotopic (exact) mass is 322 g/mol. The predicted molar refractivity (Wildman–Crippen MR) is 75.8 cm³/mol. The minimum Gasteiger partial charge on any atom is -0.550 e. The average Bonchev–Trinajstić information content (AvgIpc) is 2.33. The van der Waals surface area contributed by atoms with Crippen molar-refractivity contribution in [1.29, 1.82) is 0 Å². The van der Waals surface area contributed by atoms with Crippen LogP contribution in [0.1, 0.15) is 59.8 Å². The zero-order valence-electron chi connectivity index (χ0n) is 13.0. The summed E-state index contributed by atoms with van der Waals surface area (Å²) in [5.74, 6) is -2.10. The fourth-order valence-electron chi connectivity index (χ4n) is 2.32. The number of unbranched alkanes of at least 4 members (excludes halogenated alkanes) is 1. The number of nitrogens with one attached hydrogen (secondary N) is 1. The standard InChI is InChI=1S/C13H26NO6P/c1-5-7-8-13(4,10(15)14-21(18,19)20)9-12(3,6-2)11(16)17/h5-9H2,1-4H3,(H,16,17)(H3,14,15,18,19,20)/p-1. The van der Waals surface area contributed by atoms with Crippen LogP contribution in [0.3, 0.4) is 0 Å². The molecule has 0 aromatic carbocycles. The molecule has 3 N–H and O–H groups in total. The number of carboxylic acid groups (broad SMARTS) is 1. The van der Waals surface area contributed by atoms with E-state index in [4.69, 9.17) is 9.79 Å². The van der Waals surface area contributed by atoms with Gasteiger partial charge >= 0.3 is 7.75 Å². The molecule has 0 saturated heterocycles. The Balaban J connectivity index is 5.38. The van der Waals surface area contributed by atoms with Crippen molar-refractivity contribution in [2.24, 2.45) is 10.8 Å². The minimum absolute atomic E-state index is 0.0370. The summed E-state index contributed by atoms with van der Waals surface area (Å²) in [5, 5.41) is 13.0. The highest BCUT2D eigenvalue weighted by Crippen LogP contribution is 2.42. The van der Waals surface area contributed by atoms with Crippen LogP contribution in [0.15, 0.2) is 0 Å². The first-order valence-corrected chi connectivity index (χ1v) is 8.61. The van der Waals surface area contributed by atoms with E-state index in [1.165, 1.54) is 13.8 Å². The first-order valence-electron chi connectivity index (χ1n) is 7.00. The topological polar surface area (TPSA) is 127 Å². The molecule has 0 radical (unpaired) electrons. The molecule has 7 nitrogen and oxygen atoms in total. The van der Waals surface area contributed by atoms with Crippen molar-refractivity contribution in [3.8, 4) is 0 Å². The second-order valence-electron chi connectivity index (χ2n) is 6.03. The maximum absolute atomic E-state index is 12.2. The number of carbonyl (C=O) groups excluding carboxylic acids is 2. The first kappa shape index (κ1) is 20.1. The number of rotatable bonds is 9. The van der Waals surface area contributed by atoms with Crippen molar-refractivity contribution in [3.63, 3.8) is 0 Å². The van der Waals surface area contributed by atoms with Gasteiger partial charge in [-0.15, -0.1) is 0 Å². The molecular formula is C13H25NO6P-. The highest BCUT2D eigenvalue weighted by molar-refractivity contribution is 7.50. The maximum atomic E-state index is 12.2. The average molecular weight is 322 g/mol. The molecule has 0 saturated carbocycles. The van der Waals surface area contributed by atoms with Gasteiger partial charge in [-0.1, -0.05) is 40.5 Å². The highest BCUT2D eigenvalue weighted by atomic mass is 31.2. The molecule has 0 rings (SSSR count). The predicted octanol–water partition coefficient (Wildman–Crippen LogP) is 0.948. The number of hydrogen-bond donors (Lipinski definition) is 3.